The maximum atomic E-state index is 11.3. The molecule has 0 bridgehead atoms. The molecular formula is C12H15N3O2S2. The van der Waals surface area contributed by atoms with E-state index < -0.39 is 10.0 Å². The molecule has 19 heavy (non-hydrogen) atoms. The molecule has 5 N–H and O–H groups in total. The largest absolute Gasteiger partial charge is 0.399 e. The van der Waals surface area contributed by atoms with Gasteiger partial charge >= 0.3 is 0 Å². The molecule has 102 valence electrons. The molecule has 0 amide bonds. The molecule has 0 radical (unpaired) electrons. The van der Waals surface area contributed by atoms with Gasteiger partial charge in [0.2, 0.25) is 10.0 Å². The summed E-state index contributed by atoms with van der Waals surface area (Å²) in [4.78, 5) is 1.29. The van der Waals surface area contributed by atoms with Crippen molar-refractivity contribution in [3.05, 3.63) is 40.6 Å². The van der Waals surface area contributed by atoms with E-state index in [1.165, 1.54) is 17.0 Å². The third-order valence-corrected chi connectivity index (χ3v) is 4.37. The first-order chi connectivity index (χ1) is 8.95. The molecule has 1 aromatic carbocycles. The van der Waals surface area contributed by atoms with Crippen LogP contribution in [0, 0.1) is 0 Å². The average molecular weight is 297 g/mol. The highest BCUT2D eigenvalue weighted by atomic mass is 32.2. The van der Waals surface area contributed by atoms with Gasteiger partial charge in [-0.25, -0.2) is 13.6 Å². The summed E-state index contributed by atoms with van der Waals surface area (Å²) < 4.78 is 22.6. The van der Waals surface area contributed by atoms with Crippen LogP contribution < -0.4 is 16.2 Å². The second-order valence-electron chi connectivity index (χ2n) is 4.09. The zero-order valence-corrected chi connectivity index (χ0v) is 11.8. The Bertz CT molecular complexity index is 652. The van der Waals surface area contributed by atoms with Crippen molar-refractivity contribution in [3.8, 4) is 0 Å². The number of hydrogen-bond acceptors (Lipinski definition) is 5. The van der Waals surface area contributed by atoms with Crippen molar-refractivity contribution in [1.29, 1.82) is 0 Å². The number of nitrogen functional groups attached to an aromatic ring is 1. The van der Waals surface area contributed by atoms with Crippen LogP contribution in [0.5, 0.6) is 0 Å². The van der Waals surface area contributed by atoms with Gasteiger partial charge in [0.15, 0.2) is 0 Å². The minimum atomic E-state index is -3.73. The second-order valence-corrected chi connectivity index (χ2v) is 6.69. The fourth-order valence-electron chi connectivity index (χ4n) is 1.67. The highest BCUT2D eigenvalue weighted by Gasteiger charge is 2.09. The van der Waals surface area contributed by atoms with Crippen molar-refractivity contribution in [2.45, 2.75) is 11.3 Å². The number of hydrogen-bond donors (Lipinski definition) is 3. The minimum Gasteiger partial charge on any atom is -0.399 e. The summed E-state index contributed by atoms with van der Waals surface area (Å²) >= 11 is 1.69. The number of anilines is 2. The van der Waals surface area contributed by atoms with Crippen LogP contribution >= 0.6 is 11.3 Å². The fourth-order valence-corrected chi connectivity index (χ4v) is 2.97. The van der Waals surface area contributed by atoms with Crippen molar-refractivity contribution in [2.24, 2.45) is 5.14 Å². The van der Waals surface area contributed by atoms with E-state index in [1.807, 2.05) is 11.4 Å². The monoisotopic (exact) mass is 297 g/mol. The molecule has 0 aliphatic heterocycles. The van der Waals surface area contributed by atoms with Crippen molar-refractivity contribution in [2.75, 3.05) is 17.6 Å². The maximum absolute atomic E-state index is 11.3. The first-order valence-corrected chi connectivity index (χ1v) is 8.07. The molecule has 5 nitrogen and oxygen atoms in total. The Balaban J connectivity index is 2.06. The second kappa shape index (κ2) is 5.60. The molecule has 0 spiro atoms. The van der Waals surface area contributed by atoms with E-state index in [2.05, 4.69) is 11.4 Å². The zero-order chi connectivity index (χ0) is 13.9. The van der Waals surface area contributed by atoms with Gasteiger partial charge in [0.05, 0.1) is 4.90 Å². The number of primary sulfonamides is 1. The van der Waals surface area contributed by atoms with E-state index in [-0.39, 0.29) is 4.90 Å². The molecule has 0 saturated carbocycles. The quantitative estimate of drug-likeness (QED) is 0.731. The van der Waals surface area contributed by atoms with E-state index in [9.17, 15) is 8.42 Å². The normalized spacial score (nSPS) is 11.4. The Morgan fingerprint density at radius 1 is 1.26 bits per heavy atom. The highest BCUT2D eigenvalue weighted by molar-refractivity contribution is 7.89. The van der Waals surface area contributed by atoms with Crippen LogP contribution in [0.3, 0.4) is 0 Å². The van der Waals surface area contributed by atoms with Crippen molar-refractivity contribution < 1.29 is 8.42 Å². The zero-order valence-electron chi connectivity index (χ0n) is 10.2. The standard InChI is InChI=1S/C12H15N3O2S2/c13-9-6-10(8-12(7-9)19(14,16)17)15-4-3-11-2-1-5-18-11/h1-2,5-8,15H,3-4,13H2,(H2,14,16,17). The van der Waals surface area contributed by atoms with Crippen molar-refractivity contribution in [1.82, 2.24) is 0 Å². The average Bonchev–Trinajstić information content (AvgIpc) is 2.80. The molecule has 0 aliphatic carbocycles. The molecule has 0 atom stereocenters. The van der Waals surface area contributed by atoms with Crippen LogP contribution in [-0.4, -0.2) is 15.0 Å². The van der Waals surface area contributed by atoms with Crippen LogP contribution in [0.2, 0.25) is 0 Å². The van der Waals surface area contributed by atoms with E-state index in [1.54, 1.807) is 17.4 Å². The number of nitrogens with two attached hydrogens (primary N) is 2. The predicted octanol–water partition coefficient (Wildman–Crippen LogP) is 1.63. The number of thiophene rings is 1. The lowest BCUT2D eigenvalue weighted by atomic mass is 10.2. The van der Waals surface area contributed by atoms with Gasteiger partial charge in [-0.1, -0.05) is 6.07 Å². The van der Waals surface area contributed by atoms with E-state index >= 15 is 0 Å². The Labute approximate surface area is 116 Å². The van der Waals surface area contributed by atoms with Crippen molar-refractivity contribution in [3.63, 3.8) is 0 Å². The summed E-state index contributed by atoms with van der Waals surface area (Å²) in [5.41, 5.74) is 6.68. The number of nitrogens with one attached hydrogen (secondary N) is 1. The summed E-state index contributed by atoms with van der Waals surface area (Å²) in [6.07, 6.45) is 0.872. The van der Waals surface area contributed by atoms with Gasteiger partial charge in [0.25, 0.3) is 0 Å². The minimum absolute atomic E-state index is 0.0196. The van der Waals surface area contributed by atoms with E-state index in [0.717, 1.165) is 6.42 Å². The molecule has 1 heterocycles. The number of benzene rings is 1. The summed E-state index contributed by atoms with van der Waals surface area (Å²) in [6.45, 7) is 0.702. The summed E-state index contributed by atoms with van der Waals surface area (Å²) in [5, 5.41) is 10.3. The summed E-state index contributed by atoms with van der Waals surface area (Å²) in [7, 11) is -3.73. The van der Waals surface area contributed by atoms with Gasteiger partial charge in [-0.2, -0.15) is 0 Å². The molecular weight excluding hydrogens is 282 g/mol. The molecule has 1 aromatic heterocycles. The summed E-state index contributed by atoms with van der Waals surface area (Å²) in [5.74, 6) is 0. The third-order valence-electron chi connectivity index (χ3n) is 2.54. The Morgan fingerprint density at radius 2 is 2.05 bits per heavy atom. The fraction of sp³-hybridized carbons (Fsp3) is 0.167. The maximum Gasteiger partial charge on any atom is 0.238 e. The van der Waals surface area contributed by atoms with E-state index in [4.69, 9.17) is 10.9 Å². The molecule has 0 saturated heterocycles. The summed E-state index contributed by atoms with van der Waals surface area (Å²) in [6, 6.07) is 8.57. The number of sulfonamides is 1. The van der Waals surface area contributed by atoms with Gasteiger partial charge in [-0.15, -0.1) is 11.3 Å². The lowest BCUT2D eigenvalue weighted by molar-refractivity contribution is 0.598. The van der Waals surface area contributed by atoms with Gasteiger partial charge < -0.3 is 11.1 Å². The molecule has 0 fully saturated rings. The van der Waals surface area contributed by atoms with Gasteiger partial charge in [0.1, 0.15) is 0 Å². The lowest BCUT2D eigenvalue weighted by Crippen LogP contribution is -2.13. The SMILES string of the molecule is Nc1cc(NCCc2cccs2)cc(S(N)(=O)=O)c1. The smallest absolute Gasteiger partial charge is 0.238 e. The molecule has 2 rings (SSSR count). The van der Waals surface area contributed by atoms with E-state index in [0.29, 0.717) is 17.9 Å². The predicted molar refractivity (Wildman–Crippen MR) is 78.7 cm³/mol. The third kappa shape index (κ3) is 3.95. The number of rotatable bonds is 5. The Hall–Kier alpha value is -1.57. The molecule has 7 heteroatoms. The highest BCUT2D eigenvalue weighted by Crippen LogP contribution is 2.19. The Kier molecular flexibility index (Phi) is 4.08. The van der Waals surface area contributed by atoms with Crippen LogP contribution in [0.4, 0.5) is 11.4 Å². The first kappa shape index (κ1) is 13.9. The molecule has 2 aromatic rings. The van der Waals surface area contributed by atoms with Crippen molar-refractivity contribution >= 4 is 32.7 Å². The van der Waals surface area contributed by atoms with Gasteiger partial charge in [-0.05, 0) is 36.1 Å². The van der Waals surface area contributed by atoms with Crippen LogP contribution in [0.1, 0.15) is 4.88 Å². The van der Waals surface area contributed by atoms with Crippen LogP contribution in [0.15, 0.2) is 40.6 Å². The Morgan fingerprint density at radius 3 is 2.68 bits per heavy atom. The lowest BCUT2D eigenvalue weighted by Gasteiger charge is -2.08. The van der Waals surface area contributed by atoms with Gasteiger partial charge in [-0.3, -0.25) is 0 Å². The van der Waals surface area contributed by atoms with Crippen LogP contribution in [0.25, 0.3) is 0 Å². The van der Waals surface area contributed by atoms with Gasteiger partial charge in [0, 0.05) is 22.8 Å². The molecule has 0 unspecified atom stereocenters. The van der Waals surface area contributed by atoms with Crippen LogP contribution in [-0.2, 0) is 16.4 Å². The molecule has 0 aliphatic rings. The first-order valence-electron chi connectivity index (χ1n) is 5.65. The topological polar surface area (TPSA) is 98.2 Å².